The second-order valence-corrected chi connectivity index (χ2v) is 15.0. The number of aliphatic hydroxyl groups is 2. The summed E-state index contributed by atoms with van der Waals surface area (Å²) in [5.41, 5.74) is 8.90. The number of carbonyl (C=O) groups excluding carboxylic acids is 2. The van der Waals surface area contributed by atoms with Crippen molar-refractivity contribution >= 4 is 17.6 Å². The minimum Gasteiger partial charge on any atom is -0.490 e. The first-order valence-electron chi connectivity index (χ1n) is 17.7. The highest BCUT2D eigenvalue weighted by molar-refractivity contribution is 5.83. The van der Waals surface area contributed by atoms with Crippen LogP contribution >= 0.6 is 0 Å². The molecular weight excluding hydrogens is 680 g/mol. The number of nitrogens with one attached hydrogen (secondary N) is 2. The Kier molecular flexibility index (Phi) is 12.5. The van der Waals surface area contributed by atoms with E-state index in [1.165, 1.54) is 30.3 Å². The standard InChI is InChI=1S/C41H49F2N5O5/c1-41(2,3)38(44)40(52)46-32(18-24-10-12-25(13-11-24)27-14-17-36(45-22-27)48(4)5)33(49)20-28(19-26-8-6-7-9-31(26)43)39(51)47-37-30-21-29(42)15-16-35(30)53-23-34(37)50/h6-17,21-22,28,32-34,37-38,49-50H,18-20,23,44H2,1-5H3,(H,46,52)(H,47,51)/t28-,32+,33+,34-,37+,38-/m1/s1. The molecule has 0 fully saturated rings. The van der Waals surface area contributed by atoms with Crippen LogP contribution in [0.25, 0.3) is 11.1 Å². The smallest absolute Gasteiger partial charge is 0.237 e. The van der Waals surface area contributed by atoms with E-state index in [0.29, 0.717) is 5.75 Å². The number of hydrogen-bond acceptors (Lipinski definition) is 8. The summed E-state index contributed by atoms with van der Waals surface area (Å²) in [5, 5.41) is 28.4. The minimum absolute atomic E-state index is 0.0948. The lowest BCUT2D eigenvalue weighted by Gasteiger charge is -2.34. The Labute approximate surface area is 309 Å². The molecule has 0 spiro atoms. The quantitative estimate of drug-likeness (QED) is 0.133. The fraction of sp³-hybridized carbons (Fsp3) is 0.390. The molecular formula is C41H49F2N5O5. The van der Waals surface area contributed by atoms with Crippen LogP contribution in [0.15, 0.2) is 85.1 Å². The van der Waals surface area contributed by atoms with E-state index < -0.39 is 65.1 Å². The minimum atomic E-state index is -1.29. The number of hydrogen-bond donors (Lipinski definition) is 5. The molecule has 53 heavy (non-hydrogen) atoms. The largest absolute Gasteiger partial charge is 0.490 e. The molecule has 12 heteroatoms. The fourth-order valence-corrected chi connectivity index (χ4v) is 6.34. The maximum atomic E-state index is 15.0. The second-order valence-electron chi connectivity index (χ2n) is 15.0. The van der Waals surface area contributed by atoms with Crippen molar-refractivity contribution in [2.45, 2.75) is 70.4 Å². The van der Waals surface area contributed by atoms with Crippen LogP contribution in [-0.2, 0) is 22.4 Å². The molecule has 6 N–H and O–H groups in total. The van der Waals surface area contributed by atoms with Crippen LogP contribution in [0.2, 0.25) is 0 Å². The third-order valence-electron chi connectivity index (χ3n) is 9.68. The van der Waals surface area contributed by atoms with Gasteiger partial charge in [-0.3, -0.25) is 9.59 Å². The number of amides is 2. The van der Waals surface area contributed by atoms with Gasteiger partial charge < -0.3 is 36.2 Å². The number of nitrogens with zero attached hydrogens (tertiary/aromatic N) is 2. The summed E-state index contributed by atoms with van der Waals surface area (Å²) in [4.78, 5) is 33.9. The Morgan fingerprint density at radius 1 is 0.981 bits per heavy atom. The number of ether oxygens (including phenoxy) is 1. The van der Waals surface area contributed by atoms with Gasteiger partial charge in [0.05, 0.1) is 24.2 Å². The zero-order valence-corrected chi connectivity index (χ0v) is 30.7. The van der Waals surface area contributed by atoms with E-state index in [2.05, 4.69) is 15.6 Å². The van der Waals surface area contributed by atoms with Crippen molar-refractivity contribution in [3.63, 3.8) is 0 Å². The predicted octanol–water partition coefficient (Wildman–Crippen LogP) is 4.71. The third-order valence-corrected chi connectivity index (χ3v) is 9.68. The van der Waals surface area contributed by atoms with Crippen LogP contribution in [0.3, 0.4) is 0 Å². The van der Waals surface area contributed by atoms with E-state index in [4.69, 9.17) is 10.5 Å². The summed E-state index contributed by atoms with van der Waals surface area (Å²) in [6.45, 7) is 5.38. The molecule has 0 saturated heterocycles. The molecule has 10 nitrogen and oxygen atoms in total. The molecule has 3 aromatic carbocycles. The third kappa shape index (κ3) is 9.95. The van der Waals surface area contributed by atoms with Crippen molar-refractivity contribution in [1.82, 2.24) is 15.6 Å². The van der Waals surface area contributed by atoms with Gasteiger partial charge in [0, 0.05) is 37.3 Å². The maximum absolute atomic E-state index is 15.0. The van der Waals surface area contributed by atoms with E-state index in [1.54, 1.807) is 18.3 Å². The Morgan fingerprint density at radius 3 is 2.32 bits per heavy atom. The van der Waals surface area contributed by atoms with Gasteiger partial charge in [-0.2, -0.15) is 0 Å². The summed E-state index contributed by atoms with van der Waals surface area (Å²) in [6.07, 6.45) is -0.778. The molecule has 2 heterocycles. The van der Waals surface area contributed by atoms with Gasteiger partial charge >= 0.3 is 0 Å². The van der Waals surface area contributed by atoms with Gasteiger partial charge in [-0.05, 0) is 77.8 Å². The highest BCUT2D eigenvalue weighted by Gasteiger charge is 2.36. The first-order valence-corrected chi connectivity index (χ1v) is 17.7. The van der Waals surface area contributed by atoms with Gasteiger partial charge in [-0.15, -0.1) is 0 Å². The predicted molar refractivity (Wildman–Crippen MR) is 200 cm³/mol. The molecule has 1 aliphatic heterocycles. The molecule has 0 bridgehead atoms. The number of aliphatic hydroxyl groups excluding tert-OH is 2. The zero-order valence-electron chi connectivity index (χ0n) is 30.7. The number of nitrogens with two attached hydrogens (primary N) is 1. The summed E-state index contributed by atoms with van der Waals surface area (Å²) in [5.74, 6) is -2.03. The van der Waals surface area contributed by atoms with Crippen molar-refractivity contribution in [3.05, 3.63) is 113 Å². The normalized spacial score (nSPS) is 17.8. The summed E-state index contributed by atoms with van der Waals surface area (Å²) < 4.78 is 34.8. The van der Waals surface area contributed by atoms with Crippen LogP contribution in [0.5, 0.6) is 5.75 Å². The number of pyridine rings is 1. The average molecular weight is 730 g/mol. The lowest BCUT2D eigenvalue weighted by atomic mass is 9.85. The molecule has 282 valence electrons. The van der Waals surface area contributed by atoms with Gasteiger partial charge in [0.25, 0.3) is 0 Å². The van der Waals surface area contributed by atoms with Crippen LogP contribution in [0, 0.1) is 23.0 Å². The maximum Gasteiger partial charge on any atom is 0.237 e. The van der Waals surface area contributed by atoms with Crippen LogP contribution in [-0.4, -0.2) is 72.0 Å². The molecule has 5 rings (SSSR count). The number of benzene rings is 3. The number of halogens is 2. The molecule has 4 aromatic rings. The zero-order chi connectivity index (χ0) is 38.4. The molecule has 0 radical (unpaired) electrons. The Morgan fingerprint density at radius 2 is 1.68 bits per heavy atom. The topological polar surface area (TPSA) is 150 Å². The molecule has 0 saturated carbocycles. The SMILES string of the molecule is CN(C)c1ccc(-c2ccc(C[C@H](NC(=O)[C@@H](N)C(C)(C)C)[C@@H](O)C[C@@H](Cc3ccccc3F)C(=O)N[C@H]3c4cc(F)ccc4OC[C@H]3O)cc2)cn1. The van der Waals surface area contributed by atoms with E-state index in [0.717, 1.165) is 22.5 Å². The average Bonchev–Trinajstić information content (AvgIpc) is 3.12. The molecule has 1 aromatic heterocycles. The summed E-state index contributed by atoms with van der Waals surface area (Å²) in [7, 11) is 3.84. The number of carbonyl (C=O) groups is 2. The van der Waals surface area contributed by atoms with Crippen molar-refractivity contribution in [2.24, 2.45) is 17.1 Å². The monoisotopic (exact) mass is 729 g/mol. The van der Waals surface area contributed by atoms with Gasteiger partial charge in [0.15, 0.2) is 0 Å². The van der Waals surface area contributed by atoms with Gasteiger partial charge in [-0.1, -0.05) is 63.2 Å². The highest BCUT2D eigenvalue weighted by atomic mass is 19.1. The number of anilines is 1. The Bertz CT molecular complexity index is 1870. The molecule has 2 amide bonds. The van der Waals surface area contributed by atoms with E-state index >= 15 is 0 Å². The Hall–Kier alpha value is -4.91. The summed E-state index contributed by atoms with van der Waals surface area (Å²) in [6, 6.07) is 18.6. The molecule has 0 aliphatic carbocycles. The molecule has 6 atom stereocenters. The number of fused-ring (bicyclic) bond motifs is 1. The van der Waals surface area contributed by atoms with Crippen LogP contribution < -0.4 is 26.0 Å². The first-order chi connectivity index (χ1) is 25.1. The van der Waals surface area contributed by atoms with E-state index in [9.17, 15) is 28.6 Å². The second kappa shape index (κ2) is 16.8. The molecule has 1 aliphatic rings. The van der Waals surface area contributed by atoms with E-state index in [-0.39, 0.29) is 37.0 Å². The first kappa shape index (κ1) is 39.3. The summed E-state index contributed by atoms with van der Waals surface area (Å²) >= 11 is 0. The van der Waals surface area contributed by atoms with Crippen LogP contribution in [0.4, 0.5) is 14.6 Å². The van der Waals surface area contributed by atoms with Gasteiger partial charge in [0.1, 0.15) is 35.9 Å². The number of aromatic nitrogens is 1. The number of rotatable bonds is 13. The van der Waals surface area contributed by atoms with Crippen molar-refractivity contribution in [3.8, 4) is 16.9 Å². The van der Waals surface area contributed by atoms with Crippen LogP contribution in [0.1, 0.15) is 49.9 Å². The van der Waals surface area contributed by atoms with Crippen molar-refractivity contribution in [2.75, 3.05) is 25.6 Å². The fourth-order valence-electron chi connectivity index (χ4n) is 6.34. The lowest BCUT2D eigenvalue weighted by molar-refractivity contribution is -0.128. The van der Waals surface area contributed by atoms with Crippen molar-refractivity contribution < 1.29 is 33.3 Å². The Balaban J connectivity index is 1.41. The highest BCUT2D eigenvalue weighted by Crippen LogP contribution is 2.34. The van der Waals surface area contributed by atoms with Gasteiger partial charge in [-0.25, -0.2) is 13.8 Å². The lowest BCUT2D eigenvalue weighted by Crippen LogP contribution is -2.55. The van der Waals surface area contributed by atoms with E-state index in [1.807, 2.05) is 76.2 Å². The van der Waals surface area contributed by atoms with Crippen molar-refractivity contribution in [1.29, 1.82) is 0 Å². The van der Waals surface area contributed by atoms with Gasteiger partial charge in [0.2, 0.25) is 11.8 Å². The molecule has 0 unspecified atom stereocenters.